The van der Waals surface area contributed by atoms with Crippen LogP contribution in [0.25, 0.3) is 11.3 Å². The molecule has 2 aliphatic heterocycles. The molecule has 1 N–H and O–H groups in total. The van der Waals surface area contributed by atoms with E-state index >= 15 is 0 Å². The molecule has 6 heteroatoms. The van der Waals surface area contributed by atoms with Crippen LogP contribution in [0.3, 0.4) is 0 Å². The summed E-state index contributed by atoms with van der Waals surface area (Å²) in [6.07, 6.45) is 4.07. The number of benzene rings is 1. The number of hydrogen-bond donors (Lipinski definition) is 1. The Kier molecular flexibility index (Phi) is 4.85. The van der Waals surface area contributed by atoms with Gasteiger partial charge in [0, 0.05) is 30.8 Å². The van der Waals surface area contributed by atoms with Crippen LogP contribution in [0.15, 0.2) is 30.5 Å². The van der Waals surface area contributed by atoms with Crippen molar-refractivity contribution < 1.29 is 9.47 Å². The van der Waals surface area contributed by atoms with Gasteiger partial charge in [-0.3, -0.25) is 4.90 Å². The van der Waals surface area contributed by atoms with E-state index in [-0.39, 0.29) is 6.04 Å². The van der Waals surface area contributed by atoms with Gasteiger partial charge in [-0.15, -0.1) is 0 Å². The average Bonchev–Trinajstić information content (AvgIpc) is 3.13. The zero-order valence-corrected chi connectivity index (χ0v) is 14.3. The topological polar surface area (TPSA) is 50.4 Å². The Morgan fingerprint density at radius 3 is 2.67 bits per heavy atom. The molecule has 128 valence electrons. The second-order valence-electron chi connectivity index (χ2n) is 6.36. The molecule has 0 saturated carbocycles. The number of hydrogen-bond acceptors (Lipinski definition) is 4. The molecule has 0 unspecified atom stereocenters. The third-order valence-corrected chi connectivity index (χ3v) is 5.15. The molecule has 4 rings (SSSR count). The van der Waals surface area contributed by atoms with E-state index < -0.39 is 0 Å². The highest BCUT2D eigenvalue weighted by Gasteiger charge is 2.33. The van der Waals surface area contributed by atoms with Gasteiger partial charge >= 0.3 is 0 Å². The van der Waals surface area contributed by atoms with Gasteiger partial charge in [-0.05, 0) is 30.5 Å². The standard InChI is InChI=1S/C18H22ClN3O2/c19-14-3-1-13(2-4-14)16-11-20-18(21-16)17-12-24-10-7-22(17)15-5-8-23-9-6-15/h1-4,11,15,17H,5-10,12H2,(H,20,21)/t17-/m0/s1. The lowest BCUT2D eigenvalue weighted by atomic mass is 10.0. The minimum absolute atomic E-state index is 0.183. The number of H-pyrrole nitrogens is 1. The van der Waals surface area contributed by atoms with Crippen molar-refractivity contribution in [1.29, 1.82) is 0 Å². The van der Waals surface area contributed by atoms with Gasteiger partial charge < -0.3 is 14.5 Å². The van der Waals surface area contributed by atoms with Crippen LogP contribution in [0.5, 0.6) is 0 Å². The number of ether oxygens (including phenoxy) is 2. The Morgan fingerprint density at radius 2 is 1.88 bits per heavy atom. The fourth-order valence-corrected chi connectivity index (χ4v) is 3.71. The lowest BCUT2D eigenvalue weighted by Crippen LogP contribution is -2.48. The second kappa shape index (κ2) is 7.23. The predicted octanol–water partition coefficient (Wildman–Crippen LogP) is 3.28. The van der Waals surface area contributed by atoms with Crippen molar-refractivity contribution >= 4 is 11.6 Å². The molecule has 0 radical (unpaired) electrons. The number of morpholine rings is 1. The van der Waals surface area contributed by atoms with E-state index in [1.54, 1.807) is 0 Å². The zero-order chi connectivity index (χ0) is 16.4. The number of nitrogens with zero attached hydrogens (tertiary/aromatic N) is 2. The van der Waals surface area contributed by atoms with Crippen LogP contribution < -0.4 is 0 Å². The van der Waals surface area contributed by atoms with Crippen molar-refractivity contribution in [1.82, 2.24) is 14.9 Å². The summed E-state index contributed by atoms with van der Waals surface area (Å²) in [6.45, 7) is 4.13. The highest BCUT2D eigenvalue weighted by Crippen LogP contribution is 2.29. The second-order valence-corrected chi connectivity index (χ2v) is 6.80. The zero-order valence-electron chi connectivity index (χ0n) is 13.6. The monoisotopic (exact) mass is 347 g/mol. The first-order valence-electron chi connectivity index (χ1n) is 8.53. The molecule has 0 aliphatic carbocycles. The van der Waals surface area contributed by atoms with Crippen molar-refractivity contribution in [2.45, 2.75) is 24.9 Å². The summed E-state index contributed by atoms with van der Waals surface area (Å²) < 4.78 is 11.2. The van der Waals surface area contributed by atoms with Gasteiger partial charge in [0.05, 0.1) is 31.1 Å². The molecular formula is C18H22ClN3O2. The fourth-order valence-electron chi connectivity index (χ4n) is 3.59. The summed E-state index contributed by atoms with van der Waals surface area (Å²) in [5.74, 6) is 0.978. The number of aromatic amines is 1. The molecule has 1 atom stereocenters. The molecule has 5 nitrogen and oxygen atoms in total. The summed E-state index contributed by atoms with van der Waals surface area (Å²) in [5, 5.41) is 0.741. The van der Waals surface area contributed by atoms with E-state index in [4.69, 9.17) is 21.1 Å². The van der Waals surface area contributed by atoms with Gasteiger partial charge in [0.25, 0.3) is 0 Å². The molecule has 2 fully saturated rings. The van der Waals surface area contributed by atoms with Crippen LogP contribution in [0.1, 0.15) is 24.7 Å². The van der Waals surface area contributed by atoms with Gasteiger partial charge in [0.1, 0.15) is 5.82 Å². The van der Waals surface area contributed by atoms with Crippen LogP contribution in [-0.2, 0) is 9.47 Å². The van der Waals surface area contributed by atoms with E-state index in [0.29, 0.717) is 12.6 Å². The number of rotatable bonds is 3. The predicted molar refractivity (Wildman–Crippen MR) is 93.1 cm³/mol. The van der Waals surface area contributed by atoms with E-state index in [1.165, 1.54) is 0 Å². The van der Waals surface area contributed by atoms with Gasteiger partial charge in [-0.1, -0.05) is 23.7 Å². The Hall–Kier alpha value is -1.40. The number of imidazole rings is 1. The first kappa shape index (κ1) is 16.1. The molecule has 0 bridgehead atoms. The maximum atomic E-state index is 5.97. The highest BCUT2D eigenvalue weighted by molar-refractivity contribution is 6.30. The third-order valence-electron chi connectivity index (χ3n) is 4.90. The smallest absolute Gasteiger partial charge is 0.126 e. The molecule has 2 aliphatic rings. The normalized spacial score (nSPS) is 23.5. The van der Waals surface area contributed by atoms with Gasteiger partial charge in [-0.2, -0.15) is 0 Å². The molecule has 2 aromatic rings. The Labute approximate surface area is 146 Å². The summed E-state index contributed by atoms with van der Waals surface area (Å²) >= 11 is 5.97. The number of halogens is 1. The van der Waals surface area contributed by atoms with Gasteiger partial charge in [-0.25, -0.2) is 4.98 Å². The van der Waals surface area contributed by atoms with Crippen LogP contribution in [0, 0.1) is 0 Å². The lowest BCUT2D eigenvalue weighted by molar-refractivity contribution is -0.0589. The van der Waals surface area contributed by atoms with E-state index in [9.17, 15) is 0 Å². The number of nitrogens with one attached hydrogen (secondary N) is 1. The average molecular weight is 348 g/mol. The van der Waals surface area contributed by atoms with Crippen LogP contribution in [0.4, 0.5) is 0 Å². The third kappa shape index (κ3) is 3.35. The molecule has 0 amide bonds. The summed E-state index contributed by atoms with van der Waals surface area (Å²) in [6, 6.07) is 8.55. The molecule has 1 aromatic carbocycles. The van der Waals surface area contributed by atoms with Crippen LogP contribution >= 0.6 is 11.6 Å². The van der Waals surface area contributed by atoms with E-state index in [0.717, 1.165) is 61.3 Å². The Morgan fingerprint density at radius 1 is 1.08 bits per heavy atom. The van der Waals surface area contributed by atoms with Crippen molar-refractivity contribution in [3.63, 3.8) is 0 Å². The van der Waals surface area contributed by atoms with Crippen LogP contribution in [0.2, 0.25) is 5.02 Å². The minimum Gasteiger partial charge on any atom is -0.381 e. The largest absolute Gasteiger partial charge is 0.381 e. The van der Waals surface area contributed by atoms with Crippen molar-refractivity contribution in [2.75, 3.05) is 33.0 Å². The maximum Gasteiger partial charge on any atom is 0.126 e. The van der Waals surface area contributed by atoms with Crippen molar-refractivity contribution in [3.8, 4) is 11.3 Å². The molecule has 1 aromatic heterocycles. The number of aromatic nitrogens is 2. The molecule has 0 spiro atoms. The summed E-state index contributed by atoms with van der Waals surface area (Å²) in [7, 11) is 0. The van der Waals surface area contributed by atoms with Crippen molar-refractivity contribution in [2.24, 2.45) is 0 Å². The highest BCUT2D eigenvalue weighted by atomic mass is 35.5. The first-order valence-corrected chi connectivity index (χ1v) is 8.91. The van der Waals surface area contributed by atoms with Gasteiger partial charge in [0.2, 0.25) is 0 Å². The summed E-state index contributed by atoms with van der Waals surface area (Å²) in [4.78, 5) is 10.7. The van der Waals surface area contributed by atoms with Gasteiger partial charge in [0.15, 0.2) is 0 Å². The van der Waals surface area contributed by atoms with Crippen molar-refractivity contribution in [3.05, 3.63) is 41.3 Å². The van der Waals surface area contributed by atoms with Crippen LogP contribution in [-0.4, -0.2) is 53.9 Å². The molecular weight excluding hydrogens is 326 g/mol. The maximum absolute atomic E-state index is 5.97. The van der Waals surface area contributed by atoms with E-state index in [1.807, 2.05) is 30.5 Å². The lowest BCUT2D eigenvalue weighted by Gasteiger charge is -2.41. The molecule has 3 heterocycles. The first-order chi connectivity index (χ1) is 11.8. The molecule has 2 saturated heterocycles. The SMILES string of the molecule is Clc1ccc(-c2cnc([C@@H]3COCCN3C3CCOCC3)[nH]2)cc1. The van der Waals surface area contributed by atoms with E-state index in [2.05, 4.69) is 14.9 Å². The quantitative estimate of drug-likeness (QED) is 0.925. The summed E-state index contributed by atoms with van der Waals surface area (Å²) in [5.41, 5.74) is 2.10. The Balaban J connectivity index is 1.56. The molecule has 24 heavy (non-hydrogen) atoms. The fraction of sp³-hybridized carbons (Fsp3) is 0.500. The minimum atomic E-state index is 0.183. The Bertz CT molecular complexity index is 667.